The maximum absolute atomic E-state index is 14.0. The first-order valence-electron chi connectivity index (χ1n) is 7.25. The molecule has 1 heterocycles. The maximum atomic E-state index is 14.0. The van der Waals surface area contributed by atoms with E-state index in [1.807, 2.05) is 6.07 Å². The van der Waals surface area contributed by atoms with Gasteiger partial charge >= 0.3 is 0 Å². The van der Waals surface area contributed by atoms with Gasteiger partial charge in [0.05, 0.1) is 17.5 Å². The molecule has 3 aromatic rings. The lowest BCUT2D eigenvalue weighted by molar-refractivity contribution is 0.415. The van der Waals surface area contributed by atoms with Gasteiger partial charge < -0.3 is 10.1 Å². The molecule has 7 heteroatoms. The number of rotatable bonds is 5. The van der Waals surface area contributed by atoms with Crippen molar-refractivity contribution >= 4 is 28.3 Å². The number of anilines is 1. The number of fused-ring (bicyclic) bond motifs is 1. The molecule has 0 unspecified atom stereocenters. The van der Waals surface area contributed by atoms with Crippen LogP contribution >= 0.6 is 11.6 Å². The fraction of sp³-hybridized carbons (Fsp3) is 0.176. The second kappa shape index (κ2) is 6.97. The molecule has 0 amide bonds. The van der Waals surface area contributed by atoms with Gasteiger partial charge in [-0.05, 0) is 36.2 Å². The summed E-state index contributed by atoms with van der Waals surface area (Å²) < 4.78 is 32.8. The Hall–Kier alpha value is -2.47. The van der Waals surface area contributed by atoms with Crippen molar-refractivity contribution in [1.82, 2.24) is 9.97 Å². The van der Waals surface area contributed by atoms with E-state index < -0.39 is 11.6 Å². The van der Waals surface area contributed by atoms with Gasteiger partial charge in [0.25, 0.3) is 0 Å². The fourth-order valence-electron chi connectivity index (χ4n) is 2.43. The zero-order valence-electron chi connectivity index (χ0n) is 12.8. The smallest absolute Gasteiger partial charge is 0.149 e. The lowest BCUT2D eigenvalue weighted by Crippen LogP contribution is -2.08. The molecule has 24 heavy (non-hydrogen) atoms. The summed E-state index contributed by atoms with van der Waals surface area (Å²) in [4.78, 5) is 7.81. The van der Waals surface area contributed by atoms with E-state index in [2.05, 4.69) is 15.3 Å². The number of benzene rings is 2. The molecule has 0 fully saturated rings. The van der Waals surface area contributed by atoms with Crippen LogP contribution in [0.5, 0.6) is 5.75 Å². The van der Waals surface area contributed by atoms with Crippen LogP contribution in [-0.2, 0) is 6.42 Å². The highest BCUT2D eigenvalue weighted by atomic mass is 35.5. The molecule has 2 aromatic carbocycles. The second-order valence-electron chi connectivity index (χ2n) is 5.12. The third kappa shape index (κ3) is 3.23. The summed E-state index contributed by atoms with van der Waals surface area (Å²) in [5, 5.41) is 3.59. The van der Waals surface area contributed by atoms with Gasteiger partial charge in [0.1, 0.15) is 35.0 Å². The molecule has 0 saturated carbocycles. The monoisotopic (exact) mass is 349 g/mol. The Balaban J connectivity index is 1.77. The first-order chi connectivity index (χ1) is 11.6. The highest BCUT2D eigenvalue weighted by Gasteiger charge is 2.12. The number of aromatic nitrogens is 2. The number of nitrogens with one attached hydrogen (secondary N) is 1. The zero-order chi connectivity index (χ0) is 17.1. The molecule has 0 atom stereocenters. The average molecular weight is 350 g/mol. The van der Waals surface area contributed by atoms with Gasteiger partial charge in [-0.25, -0.2) is 18.7 Å². The molecule has 4 nitrogen and oxygen atoms in total. The summed E-state index contributed by atoms with van der Waals surface area (Å²) in [6.07, 6.45) is 1.84. The first-order valence-corrected chi connectivity index (χ1v) is 7.63. The molecule has 0 saturated heterocycles. The van der Waals surface area contributed by atoms with Crippen LogP contribution < -0.4 is 10.1 Å². The van der Waals surface area contributed by atoms with Crippen LogP contribution in [0.3, 0.4) is 0 Å². The molecule has 0 aliphatic heterocycles. The second-order valence-corrected chi connectivity index (χ2v) is 5.53. The van der Waals surface area contributed by atoms with E-state index >= 15 is 0 Å². The van der Waals surface area contributed by atoms with Gasteiger partial charge in [-0.2, -0.15) is 0 Å². The van der Waals surface area contributed by atoms with E-state index in [9.17, 15) is 8.78 Å². The van der Waals surface area contributed by atoms with Crippen molar-refractivity contribution in [2.24, 2.45) is 0 Å². The fourth-order valence-corrected chi connectivity index (χ4v) is 2.71. The van der Waals surface area contributed by atoms with Gasteiger partial charge in [-0.1, -0.05) is 17.7 Å². The Morgan fingerprint density at radius 3 is 2.67 bits per heavy atom. The highest BCUT2D eigenvalue weighted by Crippen LogP contribution is 2.26. The van der Waals surface area contributed by atoms with Crippen LogP contribution in [-0.4, -0.2) is 23.6 Å². The third-order valence-corrected chi connectivity index (χ3v) is 3.91. The summed E-state index contributed by atoms with van der Waals surface area (Å²) in [6.45, 7) is 0.477. The Morgan fingerprint density at radius 1 is 1.12 bits per heavy atom. The van der Waals surface area contributed by atoms with Crippen LogP contribution in [0.15, 0.2) is 36.7 Å². The van der Waals surface area contributed by atoms with E-state index in [1.54, 1.807) is 19.2 Å². The maximum Gasteiger partial charge on any atom is 0.149 e. The van der Waals surface area contributed by atoms with Crippen LogP contribution in [0.4, 0.5) is 14.6 Å². The molecular formula is C17H14ClF2N3O. The van der Waals surface area contributed by atoms with Crippen LogP contribution in [0, 0.1) is 11.6 Å². The summed E-state index contributed by atoms with van der Waals surface area (Å²) >= 11 is 6.08. The van der Waals surface area contributed by atoms with Gasteiger partial charge in [-0.3, -0.25) is 0 Å². The average Bonchev–Trinajstić information content (AvgIpc) is 2.58. The van der Waals surface area contributed by atoms with E-state index in [0.717, 1.165) is 17.7 Å². The van der Waals surface area contributed by atoms with E-state index in [4.69, 9.17) is 16.3 Å². The zero-order valence-corrected chi connectivity index (χ0v) is 13.6. The van der Waals surface area contributed by atoms with Crippen LogP contribution in [0.25, 0.3) is 10.9 Å². The minimum Gasteiger partial charge on any atom is -0.495 e. The predicted molar refractivity (Wildman–Crippen MR) is 89.7 cm³/mol. The molecule has 0 spiro atoms. The van der Waals surface area contributed by atoms with E-state index in [-0.39, 0.29) is 16.7 Å². The number of hydrogen-bond donors (Lipinski definition) is 1. The number of halogens is 3. The molecular weight excluding hydrogens is 336 g/mol. The van der Waals surface area contributed by atoms with Crippen LogP contribution in [0.1, 0.15) is 5.56 Å². The van der Waals surface area contributed by atoms with E-state index in [0.29, 0.717) is 23.7 Å². The summed E-state index contributed by atoms with van der Waals surface area (Å²) in [7, 11) is 1.55. The number of nitrogens with zero attached hydrogens (tertiary/aromatic N) is 2. The largest absolute Gasteiger partial charge is 0.495 e. The molecule has 1 N–H and O–H groups in total. The van der Waals surface area contributed by atoms with Crippen molar-refractivity contribution in [2.45, 2.75) is 6.42 Å². The molecule has 1 aromatic heterocycles. The quantitative estimate of drug-likeness (QED) is 0.749. The molecule has 3 rings (SSSR count). The Labute approximate surface area is 142 Å². The van der Waals surface area contributed by atoms with Crippen molar-refractivity contribution < 1.29 is 13.5 Å². The van der Waals surface area contributed by atoms with Crippen molar-refractivity contribution in [3.05, 3.63) is 58.9 Å². The van der Waals surface area contributed by atoms with Crippen molar-refractivity contribution in [1.29, 1.82) is 0 Å². The summed E-state index contributed by atoms with van der Waals surface area (Å²) in [5.74, 6) is -0.287. The number of methoxy groups -OCH3 is 1. The standard InChI is InChI=1S/C17H14ClF2N3O/c1-24-14-5-2-10(8-11(14)18)6-7-21-17-15-12(19)3-4-13(20)16(15)22-9-23-17/h2-5,8-9H,6-7H2,1H3,(H,21,22,23). The van der Waals surface area contributed by atoms with Gasteiger partial charge in [0.15, 0.2) is 0 Å². The van der Waals surface area contributed by atoms with Crippen LogP contribution in [0.2, 0.25) is 5.02 Å². The van der Waals surface area contributed by atoms with Gasteiger partial charge in [0, 0.05) is 6.54 Å². The molecule has 0 aliphatic rings. The normalized spacial score (nSPS) is 10.8. The first kappa shape index (κ1) is 16.4. The molecule has 0 radical (unpaired) electrons. The topological polar surface area (TPSA) is 47.0 Å². The summed E-state index contributed by atoms with van der Waals surface area (Å²) in [5.41, 5.74) is 0.943. The Bertz CT molecular complexity index is 889. The highest BCUT2D eigenvalue weighted by molar-refractivity contribution is 6.32. The van der Waals surface area contributed by atoms with Crippen molar-refractivity contribution in [3.63, 3.8) is 0 Å². The SMILES string of the molecule is COc1ccc(CCNc2ncnc3c(F)ccc(F)c23)cc1Cl. The predicted octanol–water partition coefficient (Wildman–Crippen LogP) is 4.22. The lowest BCUT2D eigenvalue weighted by Gasteiger charge is -2.10. The van der Waals surface area contributed by atoms with Crippen molar-refractivity contribution in [3.8, 4) is 5.75 Å². The number of ether oxygens (including phenoxy) is 1. The lowest BCUT2D eigenvalue weighted by atomic mass is 10.1. The van der Waals surface area contributed by atoms with Crippen molar-refractivity contribution in [2.75, 3.05) is 19.0 Å². The third-order valence-electron chi connectivity index (χ3n) is 3.61. The van der Waals surface area contributed by atoms with Gasteiger partial charge in [-0.15, -0.1) is 0 Å². The Kier molecular flexibility index (Phi) is 4.76. The van der Waals surface area contributed by atoms with Gasteiger partial charge in [0.2, 0.25) is 0 Å². The summed E-state index contributed by atoms with van der Waals surface area (Å²) in [6, 6.07) is 7.60. The molecule has 0 bridgehead atoms. The minimum atomic E-state index is -0.584. The Morgan fingerprint density at radius 2 is 1.92 bits per heavy atom. The molecule has 0 aliphatic carbocycles. The van der Waals surface area contributed by atoms with E-state index in [1.165, 1.54) is 6.33 Å². The number of hydrogen-bond acceptors (Lipinski definition) is 4. The molecule has 124 valence electrons. The minimum absolute atomic E-state index is 0.0417.